The Hall–Kier alpha value is -2.61. The van der Waals surface area contributed by atoms with E-state index in [9.17, 15) is 4.79 Å². The lowest BCUT2D eigenvalue weighted by Crippen LogP contribution is -1.94. The minimum absolute atomic E-state index is 0.0872. The largest absolute Gasteiger partial charge is 0.289 e. The van der Waals surface area contributed by atoms with Gasteiger partial charge in [-0.25, -0.2) is 0 Å². The van der Waals surface area contributed by atoms with Gasteiger partial charge in [0.25, 0.3) is 0 Å². The molecule has 0 aliphatic carbocycles. The van der Waals surface area contributed by atoms with Crippen LogP contribution in [0.2, 0.25) is 10.0 Å². The van der Waals surface area contributed by atoms with Crippen LogP contribution < -0.4 is 0 Å². The van der Waals surface area contributed by atoms with Crippen LogP contribution in [0.3, 0.4) is 0 Å². The quantitative estimate of drug-likeness (QED) is 0.210. The normalized spacial score (nSPS) is 11.5. The van der Waals surface area contributed by atoms with Crippen molar-refractivity contribution >= 4 is 56.6 Å². The van der Waals surface area contributed by atoms with Gasteiger partial charge in [-0.2, -0.15) is 0 Å². The van der Waals surface area contributed by atoms with Crippen LogP contribution in [0.25, 0.3) is 27.6 Å². The van der Waals surface area contributed by atoms with Gasteiger partial charge in [-0.05, 0) is 51.9 Å². The average Bonchev–Trinajstić information content (AvgIpc) is 2.67. The number of allylic oxidation sites excluding steroid dienone is 1. The molecular formula is C23H14Cl2O. The molecule has 0 heterocycles. The summed E-state index contributed by atoms with van der Waals surface area (Å²) in [6.45, 7) is 0. The highest BCUT2D eigenvalue weighted by atomic mass is 35.5. The summed E-state index contributed by atoms with van der Waals surface area (Å²) in [7, 11) is 0. The summed E-state index contributed by atoms with van der Waals surface area (Å²) < 4.78 is 0. The Morgan fingerprint density at radius 2 is 1.38 bits per heavy atom. The molecule has 0 N–H and O–H groups in total. The van der Waals surface area contributed by atoms with Crippen molar-refractivity contribution in [3.05, 3.63) is 100 Å². The van der Waals surface area contributed by atoms with E-state index in [2.05, 4.69) is 24.3 Å². The molecule has 0 bridgehead atoms. The highest BCUT2D eigenvalue weighted by molar-refractivity contribution is 6.37. The molecule has 4 aromatic carbocycles. The van der Waals surface area contributed by atoms with Gasteiger partial charge in [-0.15, -0.1) is 0 Å². The lowest BCUT2D eigenvalue weighted by atomic mass is 9.98. The Morgan fingerprint density at radius 3 is 2.15 bits per heavy atom. The molecule has 126 valence electrons. The fourth-order valence-electron chi connectivity index (χ4n) is 3.08. The molecule has 1 nitrogen and oxygen atoms in total. The molecule has 0 saturated heterocycles. The van der Waals surface area contributed by atoms with E-state index in [1.54, 1.807) is 24.3 Å². The zero-order valence-corrected chi connectivity index (χ0v) is 15.3. The number of halogens is 2. The second-order valence-corrected chi connectivity index (χ2v) is 6.87. The lowest BCUT2D eigenvalue weighted by molar-refractivity contribution is 0.104. The predicted molar refractivity (Wildman–Crippen MR) is 111 cm³/mol. The van der Waals surface area contributed by atoms with Crippen LogP contribution >= 0.6 is 23.2 Å². The maximum absolute atomic E-state index is 12.6. The molecule has 0 atom stereocenters. The standard InChI is InChI=1S/C23H14Cl2O/c24-21-6-3-7-22(25)19(21)12-13-23(26)17-11-10-16-9-8-15-4-1-2-5-18(15)20(16)14-17/h1-14H/b13-12-. The molecule has 3 heteroatoms. The highest BCUT2D eigenvalue weighted by Crippen LogP contribution is 2.28. The molecule has 4 aromatic rings. The first-order valence-electron chi connectivity index (χ1n) is 8.21. The average molecular weight is 377 g/mol. The fourth-order valence-corrected chi connectivity index (χ4v) is 3.60. The first kappa shape index (κ1) is 16.8. The molecule has 0 aliphatic heterocycles. The SMILES string of the molecule is O=C(/C=C\c1c(Cl)cccc1Cl)c1ccc2ccc3ccccc3c2c1. The van der Waals surface area contributed by atoms with Gasteiger partial charge in [0.15, 0.2) is 5.78 Å². The van der Waals surface area contributed by atoms with E-state index in [1.807, 2.05) is 30.3 Å². The van der Waals surface area contributed by atoms with Crippen LogP contribution in [0.1, 0.15) is 15.9 Å². The summed E-state index contributed by atoms with van der Waals surface area (Å²) in [5.74, 6) is -0.0872. The third-order valence-corrected chi connectivity index (χ3v) is 5.09. The van der Waals surface area contributed by atoms with Crippen molar-refractivity contribution in [1.29, 1.82) is 0 Å². The molecule has 0 spiro atoms. The van der Waals surface area contributed by atoms with Crippen LogP contribution in [0.4, 0.5) is 0 Å². The summed E-state index contributed by atoms with van der Waals surface area (Å²) >= 11 is 12.3. The van der Waals surface area contributed by atoms with Crippen molar-refractivity contribution in [3.8, 4) is 0 Å². The summed E-state index contributed by atoms with van der Waals surface area (Å²) in [5.41, 5.74) is 1.28. The summed E-state index contributed by atoms with van der Waals surface area (Å²) in [5, 5.41) is 5.51. The van der Waals surface area contributed by atoms with Crippen molar-refractivity contribution in [2.75, 3.05) is 0 Å². The van der Waals surface area contributed by atoms with E-state index in [-0.39, 0.29) is 5.78 Å². The van der Waals surface area contributed by atoms with Gasteiger partial charge < -0.3 is 0 Å². The highest BCUT2D eigenvalue weighted by Gasteiger charge is 2.07. The molecule has 0 saturated carbocycles. The van der Waals surface area contributed by atoms with Crippen LogP contribution in [0.15, 0.2) is 78.9 Å². The number of carbonyl (C=O) groups is 1. The van der Waals surface area contributed by atoms with Crippen molar-refractivity contribution in [3.63, 3.8) is 0 Å². The smallest absolute Gasteiger partial charge is 0.185 e. The number of fused-ring (bicyclic) bond motifs is 3. The van der Waals surface area contributed by atoms with E-state index in [1.165, 1.54) is 6.08 Å². The van der Waals surface area contributed by atoms with Gasteiger partial charge >= 0.3 is 0 Å². The van der Waals surface area contributed by atoms with E-state index >= 15 is 0 Å². The van der Waals surface area contributed by atoms with E-state index in [0.29, 0.717) is 21.2 Å². The maximum Gasteiger partial charge on any atom is 0.185 e. The van der Waals surface area contributed by atoms with Crippen LogP contribution in [0, 0.1) is 0 Å². The van der Waals surface area contributed by atoms with Crippen LogP contribution in [0.5, 0.6) is 0 Å². The fraction of sp³-hybridized carbons (Fsp3) is 0. The van der Waals surface area contributed by atoms with Gasteiger partial charge in [0.1, 0.15) is 0 Å². The molecule has 26 heavy (non-hydrogen) atoms. The number of rotatable bonds is 3. The Morgan fingerprint density at radius 1 is 0.731 bits per heavy atom. The molecule has 4 rings (SSSR count). The first-order valence-corrected chi connectivity index (χ1v) is 8.97. The molecule has 0 unspecified atom stereocenters. The lowest BCUT2D eigenvalue weighted by Gasteiger charge is -2.06. The van der Waals surface area contributed by atoms with E-state index in [4.69, 9.17) is 23.2 Å². The molecule has 0 aromatic heterocycles. The Balaban J connectivity index is 1.75. The van der Waals surface area contributed by atoms with Crippen molar-refractivity contribution < 1.29 is 4.79 Å². The van der Waals surface area contributed by atoms with E-state index < -0.39 is 0 Å². The van der Waals surface area contributed by atoms with E-state index in [0.717, 1.165) is 21.5 Å². The molecular weight excluding hydrogens is 363 g/mol. The second-order valence-electron chi connectivity index (χ2n) is 6.06. The third-order valence-electron chi connectivity index (χ3n) is 4.43. The molecule has 0 radical (unpaired) electrons. The summed E-state index contributed by atoms with van der Waals surface area (Å²) in [4.78, 5) is 12.6. The minimum Gasteiger partial charge on any atom is -0.289 e. The Labute approximate surface area is 161 Å². The second kappa shape index (κ2) is 6.95. The van der Waals surface area contributed by atoms with Crippen molar-refractivity contribution in [2.45, 2.75) is 0 Å². The Bertz CT molecular complexity index is 1160. The summed E-state index contributed by atoms with van der Waals surface area (Å²) in [6, 6.07) is 23.4. The van der Waals surface area contributed by atoms with Crippen LogP contribution in [-0.2, 0) is 0 Å². The number of benzene rings is 4. The first-order chi connectivity index (χ1) is 12.6. The molecule has 0 fully saturated rings. The summed E-state index contributed by atoms with van der Waals surface area (Å²) in [6.07, 6.45) is 3.18. The molecule has 0 aliphatic rings. The monoisotopic (exact) mass is 376 g/mol. The van der Waals surface area contributed by atoms with Gasteiger partial charge in [0.2, 0.25) is 0 Å². The number of hydrogen-bond donors (Lipinski definition) is 0. The molecule has 0 amide bonds. The van der Waals surface area contributed by atoms with Crippen LogP contribution in [-0.4, -0.2) is 5.78 Å². The number of carbonyl (C=O) groups excluding carboxylic acids is 1. The zero-order valence-electron chi connectivity index (χ0n) is 13.7. The van der Waals surface area contributed by atoms with Gasteiger partial charge in [-0.1, -0.05) is 77.8 Å². The Kier molecular flexibility index (Phi) is 4.50. The zero-order chi connectivity index (χ0) is 18.1. The van der Waals surface area contributed by atoms with Crippen molar-refractivity contribution in [2.24, 2.45) is 0 Å². The van der Waals surface area contributed by atoms with Gasteiger partial charge in [0.05, 0.1) is 0 Å². The number of ketones is 1. The van der Waals surface area contributed by atoms with Gasteiger partial charge in [0, 0.05) is 21.2 Å². The maximum atomic E-state index is 12.6. The van der Waals surface area contributed by atoms with Gasteiger partial charge in [-0.3, -0.25) is 4.79 Å². The minimum atomic E-state index is -0.0872. The predicted octanol–water partition coefficient (Wildman–Crippen LogP) is 7.20. The topological polar surface area (TPSA) is 17.1 Å². The third kappa shape index (κ3) is 3.12. The van der Waals surface area contributed by atoms with Crippen molar-refractivity contribution in [1.82, 2.24) is 0 Å². The number of hydrogen-bond acceptors (Lipinski definition) is 1.